The van der Waals surface area contributed by atoms with Crippen molar-refractivity contribution in [1.29, 1.82) is 0 Å². The Labute approximate surface area is 181 Å². The molecule has 0 aliphatic carbocycles. The van der Waals surface area contributed by atoms with Crippen LogP contribution in [-0.2, 0) is 16.0 Å². The van der Waals surface area contributed by atoms with Crippen molar-refractivity contribution in [2.75, 3.05) is 5.32 Å². The van der Waals surface area contributed by atoms with Crippen LogP contribution in [0.2, 0.25) is 0 Å². The number of aryl methyl sites for hydroxylation is 2. The van der Waals surface area contributed by atoms with Gasteiger partial charge in [-0.3, -0.25) is 19.7 Å². The van der Waals surface area contributed by atoms with Crippen molar-refractivity contribution in [3.63, 3.8) is 0 Å². The number of rotatable bonds is 5. The van der Waals surface area contributed by atoms with Gasteiger partial charge in [-0.2, -0.15) is 0 Å². The zero-order chi connectivity index (χ0) is 22.1. The second kappa shape index (κ2) is 8.22. The van der Waals surface area contributed by atoms with Gasteiger partial charge in [0.15, 0.2) is 0 Å². The number of carbonyl (C=O) groups is 3. The molecule has 0 spiro atoms. The van der Waals surface area contributed by atoms with Crippen molar-refractivity contribution in [3.05, 3.63) is 82.7 Å². The molecular formula is C25H25N3O3. The second-order valence-electron chi connectivity index (χ2n) is 8.08. The van der Waals surface area contributed by atoms with Crippen LogP contribution in [0.1, 0.15) is 39.3 Å². The summed E-state index contributed by atoms with van der Waals surface area (Å²) in [5.74, 6) is -0.921. The molecule has 0 radical (unpaired) electrons. The molecule has 1 aliphatic heterocycles. The van der Waals surface area contributed by atoms with Crippen LogP contribution in [-0.4, -0.2) is 22.3 Å². The minimum Gasteiger partial charge on any atom is -0.322 e. The van der Waals surface area contributed by atoms with Crippen LogP contribution >= 0.6 is 0 Å². The maximum absolute atomic E-state index is 12.9. The molecule has 2 aromatic carbocycles. The molecule has 1 saturated heterocycles. The van der Waals surface area contributed by atoms with E-state index in [-0.39, 0.29) is 30.1 Å². The van der Waals surface area contributed by atoms with Crippen molar-refractivity contribution in [2.45, 2.75) is 33.6 Å². The summed E-state index contributed by atoms with van der Waals surface area (Å²) in [6, 6.07) is 17.4. The molecule has 0 saturated carbocycles. The lowest BCUT2D eigenvalue weighted by Crippen LogP contribution is -2.22. The third kappa shape index (κ3) is 4.14. The summed E-state index contributed by atoms with van der Waals surface area (Å²) in [5, 5.41) is 5.29. The van der Waals surface area contributed by atoms with Gasteiger partial charge in [-0.25, -0.2) is 0 Å². The third-order valence-corrected chi connectivity index (χ3v) is 5.79. The molecule has 2 heterocycles. The van der Waals surface area contributed by atoms with Gasteiger partial charge in [0, 0.05) is 29.2 Å². The maximum Gasteiger partial charge on any atom is 0.257 e. The van der Waals surface area contributed by atoms with Gasteiger partial charge in [-0.15, -0.1) is 0 Å². The molecular weight excluding hydrogens is 390 g/mol. The molecule has 6 heteroatoms. The van der Waals surface area contributed by atoms with E-state index in [1.165, 1.54) is 0 Å². The predicted molar refractivity (Wildman–Crippen MR) is 119 cm³/mol. The molecule has 0 bridgehead atoms. The van der Waals surface area contributed by atoms with Gasteiger partial charge >= 0.3 is 0 Å². The normalized spacial score (nSPS) is 15.8. The molecule has 1 aliphatic rings. The number of benzene rings is 2. The Bertz CT molecular complexity index is 1180. The Morgan fingerprint density at radius 1 is 1.06 bits per heavy atom. The van der Waals surface area contributed by atoms with E-state index < -0.39 is 0 Å². The SMILES string of the molecule is Cc1ccccc1-n1c(C)cc(C(=O)Nc2ccc(CC3CC(=O)NC3=O)cc2)c1C. The molecule has 3 aromatic rings. The summed E-state index contributed by atoms with van der Waals surface area (Å²) in [7, 11) is 0. The Balaban J connectivity index is 1.49. The fourth-order valence-corrected chi connectivity index (χ4v) is 4.16. The van der Waals surface area contributed by atoms with Gasteiger partial charge in [0.05, 0.1) is 11.5 Å². The molecule has 1 unspecified atom stereocenters. The monoisotopic (exact) mass is 415 g/mol. The van der Waals surface area contributed by atoms with E-state index in [4.69, 9.17) is 0 Å². The smallest absolute Gasteiger partial charge is 0.257 e. The second-order valence-corrected chi connectivity index (χ2v) is 8.08. The number of carbonyl (C=O) groups excluding carboxylic acids is 3. The lowest BCUT2D eigenvalue weighted by molar-refractivity contribution is -0.125. The highest BCUT2D eigenvalue weighted by Crippen LogP contribution is 2.24. The largest absolute Gasteiger partial charge is 0.322 e. The highest BCUT2D eigenvalue weighted by molar-refractivity contribution is 6.05. The number of anilines is 1. The topological polar surface area (TPSA) is 80.2 Å². The summed E-state index contributed by atoms with van der Waals surface area (Å²) in [4.78, 5) is 36.0. The Morgan fingerprint density at radius 2 is 1.77 bits per heavy atom. The van der Waals surface area contributed by atoms with Gasteiger partial charge < -0.3 is 9.88 Å². The first-order valence-corrected chi connectivity index (χ1v) is 10.3. The first-order chi connectivity index (χ1) is 14.8. The fourth-order valence-electron chi connectivity index (χ4n) is 4.16. The van der Waals surface area contributed by atoms with E-state index >= 15 is 0 Å². The standard InChI is InChI=1S/C25H25N3O3/c1-15-6-4-5-7-22(15)28-16(2)12-21(17(28)3)25(31)26-20-10-8-18(9-11-20)13-19-14-23(29)27-24(19)30/h4-12,19H,13-14H2,1-3H3,(H,26,31)(H,27,29,30). The molecule has 158 valence electrons. The third-order valence-electron chi connectivity index (χ3n) is 5.79. The van der Waals surface area contributed by atoms with Crippen LogP contribution in [0.3, 0.4) is 0 Å². The lowest BCUT2D eigenvalue weighted by Gasteiger charge is -2.13. The zero-order valence-corrected chi connectivity index (χ0v) is 17.9. The average Bonchev–Trinajstić information content (AvgIpc) is 3.21. The first-order valence-electron chi connectivity index (χ1n) is 10.3. The number of aromatic nitrogens is 1. The molecule has 31 heavy (non-hydrogen) atoms. The number of hydrogen-bond acceptors (Lipinski definition) is 3. The van der Waals surface area contributed by atoms with E-state index in [0.29, 0.717) is 17.7 Å². The van der Waals surface area contributed by atoms with Gasteiger partial charge in [-0.05, 0) is 62.6 Å². The number of nitrogens with one attached hydrogen (secondary N) is 2. The van der Waals surface area contributed by atoms with Crippen molar-refractivity contribution < 1.29 is 14.4 Å². The minimum atomic E-state index is -0.320. The molecule has 2 N–H and O–H groups in total. The van der Waals surface area contributed by atoms with E-state index in [1.54, 1.807) is 0 Å². The van der Waals surface area contributed by atoms with Gasteiger partial charge in [0.2, 0.25) is 11.8 Å². The van der Waals surface area contributed by atoms with Gasteiger partial charge in [-0.1, -0.05) is 30.3 Å². The van der Waals surface area contributed by atoms with E-state index in [0.717, 1.165) is 28.2 Å². The van der Waals surface area contributed by atoms with Crippen molar-refractivity contribution in [1.82, 2.24) is 9.88 Å². The Kier molecular flexibility index (Phi) is 5.46. The van der Waals surface area contributed by atoms with Crippen LogP contribution < -0.4 is 10.6 Å². The van der Waals surface area contributed by atoms with Crippen molar-refractivity contribution >= 4 is 23.4 Å². The Hall–Kier alpha value is -3.67. The minimum absolute atomic E-state index is 0.165. The van der Waals surface area contributed by atoms with E-state index in [2.05, 4.69) is 28.2 Å². The predicted octanol–water partition coefficient (Wildman–Crippen LogP) is 3.86. The van der Waals surface area contributed by atoms with Crippen molar-refractivity contribution in [2.24, 2.45) is 5.92 Å². The molecule has 3 amide bonds. The van der Waals surface area contributed by atoms with Gasteiger partial charge in [0.1, 0.15) is 0 Å². The molecule has 1 aromatic heterocycles. The summed E-state index contributed by atoms with van der Waals surface area (Å²) in [6.07, 6.45) is 0.733. The molecule has 1 fully saturated rings. The fraction of sp³-hybridized carbons (Fsp3) is 0.240. The van der Waals surface area contributed by atoms with Crippen LogP contribution in [0.15, 0.2) is 54.6 Å². The van der Waals surface area contributed by atoms with Crippen LogP contribution in [0.4, 0.5) is 5.69 Å². The molecule has 1 atom stereocenters. The number of para-hydroxylation sites is 1. The van der Waals surface area contributed by atoms with Crippen molar-refractivity contribution in [3.8, 4) is 5.69 Å². The average molecular weight is 415 g/mol. The summed E-state index contributed by atoms with van der Waals surface area (Å²) in [6.45, 7) is 6.00. The number of hydrogen-bond donors (Lipinski definition) is 2. The maximum atomic E-state index is 12.9. The van der Waals surface area contributed by atoms with E-state index in [1.807, 2.05) is 62.4 Å². The van der Waals surface area contributed by atoms with E-state index in [9.17, 15) is 14.4 Å². The Morgan fingerprint density at radius 3 is 2.42 bits per heavy atom. The molecule has 6 nitrogen and oxygen atoms in total. The summed E-state index contributed by atoms with van der Waals surface area (Å²) in [5.41, 5.74) is 6.35. The number of nitrogens with zero attached hydrogens (tertiary/aromatic N) is 1. The van der Waals surface area contributed by atoms with Gasteiger partial charge in [0.25, 0.3) is 5.91 Å². The summed E-state index contributed by atoms with van der Waals surface area (Å²) >= 11 is 0. The number of imide groups is 1. The highest BCUT2D eigenvalue weighted by Gasteiger charge is 2.30. The highest BCUT2D eigenvalue weighted by atomic mass is 16.2. The quantitative estimate of drug-likeness (QED) is 0.621. The summed E-state index contributed by atoms with van der Waals surface area (Å²) < 4.78 is 2.10. The zero-order valence-electron chi connectivity index (χ0n) is 17.9. The molecule has 4 rings (SSSR count). The van der Waals surface area contributed by atoms with Crippen LogP contribution in [0, 0.1) is 26.7 Å². The first kappa shape index (κ1) is 20.6. The lowest BCUT2D eigenvalue weighted by atomic mass is 9.98. The van der Waals surface area contributed by atoms with Crippen LogP contribution in [0.25, 0.3) is 5.69 Å². The van der Waals surface area contributed by atoms with Crippen LogP contribution in [0.5, 0.6) is 0 Å². The number of amides is 3.